The first-order chi connectivity index (χ1) is 9.79. The van der Waals surface area contributed by atoms with Crippen molar-refractivity contribution in [2.24, 2.45) is 0 Å². The number of esters is 1. The van der Waals surface area contributed by atoms with E-state index in [9.17, 15) is 18.0 Å². The number of ether oxygens (including phenoxy) is 2. The molecule has 2 aromatic rings. The number of rotatable bonds is 3. The van der Waals surface area contributed by atoms with Crippen molar-refractivity contribution in [3.63, 3.8) is 0 Å². The van der Waals surface area contributed by atoms with Gasteiger partial charge in [0.2, 0.25) is 0 Å². The average Bonchev–Trinajstić information content (AvgIpc) is 2.73. The second-order valence-electron chi connectivity index (χ2n) is 4.41. The molecule has 0 amide bonds. The van der Waals surface area contributed by atoms with E-state index in [-0.39, 0.29) is 23.2 Å². The van der Waals surface area contributed by atoms with Crippen LogP contribution in [-0.2, 0) is 22.4 Å². The molecule has 0 bridgehead atoms. The SMILES string of the molecule is COCn1nc2c(C(=O)OC)cc(C(F)(F)F)cc2c1C. The normalized spacial score (nSPS) is 11.9. The number of halogens is 3. The quantitative estimate of drug-likeness (QED) is 0.818. The van der Waals surface area contributed by atoms with Gasteiger partial charge in [0.15, 0.2) is 0 Å². The summed E-state index contributed by atoms with van der Waals surface area (Å²) < 4.78 is 49.7. The summed E-state index contributed by atoms with van der Waals surface area (Å²) in [5.74, 6) is -0.867. The Morgan fingerprint density at radius 3 is 2.52 bits per heavy atom. The predicted molar refractivity (Wildman–Crippen MR) is 67.8 cm³/mol. The minimum Gasteiger partial charge on any atom is -0.465 e. The van der Waals surface area contributed by atoms with Gasteiger partial charge in [-0.05, 0) is 19.1 Å². The van der Waals surface area contributed by atoms with E-state index >= 15 is 0 Å². The van der Waals surface area contributed by atoms with E-state index in [1.54, 1.807) is 6.92 Å². The third-order valence-corrected chi connectivity index (χ3v) is 3.09. The van der Waals surface area contributed by atoms with Gasteiger partial charge in [-0.3, -0.25) is 0 Å². The summed E-state index contributed by atoms with van der Waals surface area (Å²) in [6.45, 7) is 1.68. The van der Waals surface area contributed by atoms with Crippen LogP contribution in [-0.4, -0.2) is 30.0 Å². The van der Waals surface area contributed by atoms with Gasteiger partial charge >= 0.3 is 12.1 Å². The molecule has 0 aliphatic heterocycles. The lowest BCUT2D eigenvalue weighted by atomic mass is 10.0. The van der Waals surface area contributed by atoms with Crippen LogP contribution in [0.4, 0.5) is 13.2 Å². The smallest absolute Gasteiger partial charge is 0.416 e. The molecule has 0 unspecified atom stereocenters. The van der Waals surface area contributed by atoms with Crippen LogP contribution in [0.3, 0.4) is 0 Å². The zero-order chi connectivity index (χ0) is 15.8. The largest absolute Gasteiger partial charge is 0.465 e. The van der Waals surface area contributed by atoms with E-state index in [1.807, 2.05) is 0 Å². The second-order valence-corrected chi connectivity index (χ2v) is 4.41. The molecule has 0 aliphatic rings. The lowest BCUT2D eigenvalue weighted by Crippen LogP contribution is -2.09. The topological polar surface area (TPSA) is 53.4 Å². The summed E-state index contributed by atoms with van der Waals surface area (Å²) in [7, 11) is 2.54. The van der Waals surface area contributed by atoms with Crippen LogP contribution in [0.15, 0.2) is 12.1 Å². The van der Waals surface area contributed by atoms with Crippen LogP contribution in [0.1, 0.15) is 21.6 Å². The third-order valence-electron chi connectivity index (χ3n) is 3.09. The molecule has 21 heavy (non-hydrogen) atoms. The van der Waals surface area contributed by atoms with Gasteiger partial charge in [0.1, 0.15) is 12.2 Å². The molecule has 1 aromatic heterocycles. The molecule has 0 radical (unpaired) electrons. The molecule has 0 saturated heterocycles. The highest BCUT2D eigenvalue weighted by Crippen LogP contribution is 2.34. The van der Waals surface area contributed by atoms with Crippen LogP contribution in [0.25, 0.3) is 10.9 Å². The number of hydrogen-bond acceptors (Lipinski definition) is 4. The number of benzene rings is 1. The van der Waals surface area contributed by atoms with E-state index in [4.69, 9.17) is 4.74 Å². The number of methoxy groups -OCH3 is 2. The number of carbonyl (C=O) groups is 1. The van der Waals surface area contributed by atoms with Gasteiger partial charge in [-0.25, -0.2) is 9.48 Å². The molecule has 0 atom stereocenters. The first kappa shape index (κ1) is 15.3. The molecule has 5 nitrogen and oxygen atoms in total. The fourth-order valence-corrected chi connectivity index (χ4v) is 2.03. The molecule has 2 rings (SSSR count). The maximum absolute atomic E-state index is 12.9. The standard InChI is InChI=1S/C13H13F3N2O3/c1-7-9-4-8(13(14,15)16)5-10(12(19)21-3)11(9)17-18(7)6-20-2/h4-5H,6H2,1-3H3. The molecule has 0 N–H and O–H groups in total. The van der Waals surface area contributed by atoms with Crippen molar-refractivity contribution in [3.05, 3.63) is 29.0 Å². The predicted octanol–water partition coefficient (Wildman–Crippen LogP) is 2.75. The molecular formula is C13H13F3N2O3. The zero-order valence-corrected chi connectivity index (χ0v) is 11.6. The Kier molecular flexibility index (Phi) is 3.91. The molecule has 0 saturated carbocycles. The van der Waals surface area contributed by atoms with Gasteiger partial charge < -0.3 is 9.47 Å². The van der Waals surface area contributed by atoms with E-state index in [2.05, 4.69) is 9.84 Å². The minimum atomic E-state index is -4.56. The molecule has 1 aromatic carbocycles. The number of carbonyl (C=O) groups excluding carboxylic acids is 1. The van der Waals surface area contributed by atoms with Gasteiger partial charge in [-0.2, -0.15) is 18.3 Å². The Balaban J connectivity index is 2.78. The molecule has 0 spiro atoms. The summed E-state index contributed by atoms with van der Waals surface area (Å²) in [6.07, 6.45) is -4.56. The fraction of sp³-hybridized carbons (Fsp3) is 0.385. The van der Waals surface area contributed by atoms with Crippen molar-refractivity contribution in [1.82, 2.24) is 9.78 Å². The van der Waals surface area contributed by atoms with Gasteiger partial charge in [0, 0.05) is 18.2 Å². The Morgan fingerprint density at radius 1 is 1.33 bits per heavy atom. The summed E-state index contributed by atoms with van der Waals surface area (Å²) in [5.41, 5.74) is -0.511. The van der Waals surface area contributed by atoms with E-state index in [0.717, 1.165) is 19.2 Å². The van der Waals surface area contributed by atoms with Crippen molar-refractivity contribution in [3.8, 4) is 0 Å². The maximum atomic E-state index is 12.9. The molecule has 0 aliphatic carbocycles. The van der Waals surface area contributed by atoms with Crippen LogP contribution in [0.5, 0.6) is 0 Å². The number of hydrogen-bond donors (Lipinski definition) is 0. The van der Waals surface area contributed by atoms with Gasteiger partial charge in [0.25, 0.3) is 0 Å². The van der Waals surface area contributed by atoms with E-state index in [0.29, 0.717) is 5.69 Å². The van der Waals surface area contributed by atoms with Gasteiger partial charge in [-0.15, -0.1) is 0 Å². The van der Waals surface area contributed by atoms with Gasteiger partial charge in [0.05, 0.1) is 18.2 Å². The van der Waals surface area contributed by atoms with Crippen molar-refractivity contribution in [2.45, 2.75) is 19.8 Å². The molecule has 8 heteroatoms. The Hall–Kier alpha value is -2.09. The first-order valence-electron chi connectivity index (χ1n) is 5.95. The van der Waals surface area contributed by atoms with Crippen molar-refractivity contribution in [2.75, 3.05) is 14.2 Å². The lowest BCUT2D eigenvalue weighted by Gasteiger charge is -2.09. The van der Waals surface area contributed by atoms with E-state index < -0.39 is 17.7 Å². The number of alkyl halides is 3. The first-order valence-corrected chi connectivity index (χ1v) is 5.95. The van der Waals surface area contributed by atoms with Crippen molar-refractivity contribution < 1.29 is 27.4 Å². The van der Waals surface area contributed by atoms with Gasteiger partial charge in [-0.1, -0.05) is 0 Å². The molecular weight excluding hydrogens is 289 g/mol. The zero-order valence-electron chi connectivity index (χ0n) is 11.6. The molecule has 0 fully saturated rings. The maximum Gasteiger partial charge on any atom is 0.416 e. The summed E-state index contributed by atoms with van der Waals surface area (Å²) >= 11 is 0. The van der Waals surface area contributed by atoms with E-state index in [1.165, 1.54) is 11.8 Å². The average molecular weight is 302 g/mol. The summed E-state index contributed by atoms with van der Waals surface area (Å²) in [4.78, 5) is 11.7. The number of aryl methyl sites for hydroxylation is 1. The van der Waals surface area contributed by atoms with Crippen LogP contribution < -0.4 is 0 Å². The summed E-state index contributed by atoms with van der Waals surface area (Å²) in [6, 6.07) is 1.72. The fourth-order valence-electron chi connectivity index (χ4n) is 2.03. The van der Waals surface area contributed by atoms with Crippen LogP contribution in [0, 0.1) is 6.92 Å². The number of fused-ring (bicyclic) bond motifs is 1. The Bertz CT molecular complexity index is 692. The number of nitrogens with zero attached hydrogens (tertiary/aromatic N) is 2. The summed E-state index contributed by atoms with van der Waals surface area (Å²) in [5, 5.41) is 4.36. The highest BCUT2D eigenvalue weighted by molar-refractivity contribution is 6.03. The Morgan fingerprint density at radius 2 is 2.00 bits per heavy atom. The lowest BCUT2D eigenvalue weighted by molar-refractivity contribution is -0.137. The highest BCUT2D eigenvalue weighted by Gasteiger charge is 2.33. The molecule has 114 valence electrons. The van der Waals surface area contributed by atoms with Crippen molar-refractivity contribution in [1.29, 1.82) is 0 Å². The monoisotopic (exact) mass is 302 g/mol. The number of aromatic nitrogens is 2. The van der Waals surface area contributed by atoms with Crippen LogP contribution >= 0.6 is 0 Å². The second kappa shape index (κ2) is 5.36. The van der Waals surface area contributed by atoms with Crippen molar-refractivity contribution >= 4 is 16.9 Å². The third kappa shape index (κ3) is 2.71. The van der Waals surface area contributed by atoms with Crippen LogP contribution in [0.2, 0.25) is 0 Å². The minimum absolute atomic E-state index is 0.0719. The molecule has 1 heterocycles. The highest BCUT2D eigenvalue weighted by atomic mass is 19.4. The Labute approximate surface area is 118 Å².